The molecule has 2 aliphatic heterocycles. The highest BCUT2D eigenvalue weighted by Gasteiger charge is 2.50. The van der Waals surface area contributed by atoms with Crippen LogP contribution in [0.5, 0.6) is 0 Å². The summed E-state index contributed by atoms with van der Waals surface area (Å²) >= 11 is 0. The minimum atomic E-state index is -1.19. The van der Waals surface area contributed by atoms with Crippen LogP contribution in [-0.2, 0) is 17.8 Å². The maximum Gasteiger partial charge on any atom is 0.407 e. The van der Waals surface area contributed by atoms with Crippen LogP contribution < -0.4 is 0 Å². The Hall–Kier alpha value is -3.39. The van der Waals surface area contributed by atoms with E-state index in [1.165, 1.54) is 0 Å². The van der Waals surface area contributed by atoms with Crippen LogP contribution in [-0.4, -0.2) is 60.7 Å². The number of carbonyl (C=O) groups excluding carboxylic acids is 1. The third-order valence-corrected chi connectivity index (χ3v) is 7.71. The van der Waals surface area contributed by atoms with E-state index in [4.69, 9.17) is 0 Å². The molecular formula is C26H28N4O4. The van der Waals surface area contributed by atoms with Gasteiger partial charge < -0.3 is 25.0 Å². The van der Waals surface area contributed by atoms with Gasteiger partial charge in [-0.2, -0.15) is 0 Å². The van der Waals surface area contributed by atoms with Crippen LogP contribution in [0.4, 0.5) is 4.79 Å². The minimum Gasteiger partial charge on any atom is -0.465 e. The van der Waals surface area contributed by atoms with E-state index >= 15 is 0 Å². The number of aryl methyl sites for hydroxylation is 1. The third-order valence-electron chi connectivity index (χ3n) is 7.71. The number of nitrogens with zero attached hydrogens (tertiary/aromatic N) is 3. The number of hydrogen-bond acceptors (Lipinski definition) is 4. The molecule has 2 amide bonds. The first kappa shape index (κ1) is 21.2. The highest BCUT2D eigenvalue weighted by atomic mass is 16.4. The Morgan fingerprint density at radius 2 is 2.00 bits per heavy atom. The number of aromatic amines is 1. The largest absolute Gasteiger partial charge is 0.465 e. The molecule has 3 aromatic rings. The first-order chi connectivity index (χ1) is 16.3. The van der Waals surface area contributed by atoms with E-state index in [0.717, 1.165) is 57.3 Å². The number of aliphatic hydroxyl groups is 1. The summed E-state index contributed by atoms with van der Waals surface area (Å²) in [5.74, 6) is -0.191. The van der Waals surface area contributed by atoms with Gasteiger partial charge in [-0.3, -0.25) is 4.79 Å². The van der Waals surface area contributed by atoms with Gasteiger partial charge in [0.15, 0.2) is 0 Å². The van der Waals surface area contributed by atoms with Crippen molar-refractivity contribution in [2.75, 3.05) is 13.1 Å². The smallest absolute Gasteiger partial charge is 0.407 e. The lowest BCUT2D eigenvalue weighted by Crippen LogP contribution is -2.43. The van der Waals surface area contributed by atoms with Crippen LogP contribution >= 0.6 is 0 Å². The van der Waals surface area contributed by atoms with E-state index < -0.39 is 11.7 Å². The van der Waals surface area contributed by atoms with E-state index in [0.29, 0.717) is 38.9 Å². The molecule has 1 saturated carbocycles. The molecule has 3 N–H and O–H groups in total. The number of nitrogens with one attached hydrogen (secondary N) is 1. The minimum absolute atomic E-state index is 0.188. The van der Waals surface area contributed by atoms with Crippen LogP contribution in [0.15, 0.2) is 30.6 Å². The topological polar surface area (TPSA) is 110 Å². The SMILES string of the molecule is Cc1c[nH]c2ncc(-c3cc4c(c([C@@H]5CCCN5C(=O)O)c3)CCN(C(=O)C3(O)CC3)C4)cc12. The van der Waals surface area contributed by atoms with Crippen LogP contribution in [0.25, 0.3) is 22.2 Å². The number of H-pyrrole nitrogens is 1. The summed E-state index contributed by atoms with van der Waals surface area (Å²) in [6.45, 7) is 3.54. The van der Waals surface area contributed by atoms with Gasteiger partial charge in [0, 0.05) is 43.0 Å². The molecule has 34 heavy (non-hydrogen) atoms. The van der Waals surface area contributed by atoms with Crippen molar-refractivity contribution in [1.29, 1.82) is 0 Å². The number of pyridine rings is 1. The van der Waals surface area contributed by atoms with Crippen LogP contribution in [0.1, 0.15) is 54.0 Å². The van der Waals surface area contributed by atoms with Crippen molar-refractivity contribution in [3.05, 3.63) is 52.8 Å². The van der Waals surface area contributed by atoms with E-state index in [1.807, 2.05) is 19.3 Å². The summed E-state index contributed by atoms with van der Waals surface area (Å²) in [6, 6.07) is 6.16. The lowest BCUT2D eigenvalue weighted by Gasteiger charge is -2.34. The van der Waals surface area contributed by atoms with Gasteiger partial charge >= 0.3 is 6.09 Å². The molecule has 8 nitrogen and oxygen atoms in total. The van der Waals surface area contributed by atoms with Crippen molar-refractivity contribution in [2.45, 2.75) is 57.2 Å². The maximum absolute atomic E-state index is 12.9. The highest BCUT2D eigenvalue weighted by molar-refractivity contribution is 5.88. The predicted octanol–water partition coefficient (Wildman–Crippen LogP) is 3.76. The van der Waals surface area contributed by atoms with E-state index in [-0.39, 0.29) is 11.9 Å². The number of carbonyl (C=O) groups is 2. The molecule has 0 spiro atoms. The quantitative estimate of drug-likeness (QED) is 0.551. The summed E-state index contributed by atoms with van der Waals surface area (Å²) in [5, 5.41) is 21.2. The fraction of sp³-hybridized carbons (Fsp3) is 0.423. The fourth-order valence-corrected chi connectivity index (χ4v) is 5.61. The van der Waals surface area contributed by atoms with Crippen molar-refractivity contribution in [3.8, 4) is 11.1 Å². The van der Waals surface area contributed by atoms with E-state index in [1.54, 1.807) is 9.80 Å². The van der Waals surface area contributed by atoms with Crippen molar-refractivity contribution in [1.82, 2.24) is 19.8 Å². The van der Waals surface area contributed by atoms with Gasteiger partial charge in [0.05, 0.1) is 6.04 Å². The Labute approximate surface area is 197 Å². The fourth-order valence-electron chi connectivity index (χ4n) is 5.61. The number of aromatic nitrogens is 2. The molecular weight excluding hydrogens is 432 g/mol. The van der Waals surface area contributed by atoms with Gasteiger partial charge in [-0.25, -0.2) is 9.78 Å². The molecule has 1 aliphatic carbocycles. The molecule has 1 atom stereocenters. The Balaban J connectivity index is 1.46. The Kier molecular flexibility index (Phi) is 4.71. The Morgan fingerprint density at radius 1 is 1.18 bits per heavy atom. The lowest BCUT2D eigenvalue weighted by atomic mass is 9.86. The number of likely N-dealkylation sites (tertiary alicyclic amines) is 1. The molecule has 1 saturated heterocycles. The summed E-state index contributed by atoms with van der Waals surface area (Å²) < 4.78 is 0. The molecule has 4 heterocycles. The van der Waals surface area contributed by atoms with E-state index in [2.05, 4.69) is 28.2 Å². The highest BCUT2D eigenvalue weighted by Crippen LogP contribution is 2.42. The molecule has 8 heteroatoms. The van der Waals surface area contributed by atoms with Crippen molar-refractivity contribution < 1.29 is 19.8 Å². The second kappa shape index (κ2) is 7.56. The molecule has 1 aromatic carbocycles. The predicted molar refractivity (Wildman–Crippen MR) is 126 cm³/mol. The number of rotatable bonds is 3. The lowest BCUT2D eigenvalue weighted by molar-refractivity contribution is -0.143. The second-order valence-electron chi connectivity index (χ2n) is 9.94. The van der Waals surface area contributed by atoms with Gasteiger partial charge in [0.25, 0.3) is 5.91 Å². The number of fused-ring (bicyclic) bond motifs is 2. The van der Waals surface area contributed by atoms with Gasteiger partial charge in [-0.1, -0.05) is 0 Å². The zero-order chi connectivity index (χ0) is 23.6. The number of carboxylic acid groups (broad SMARTS) is 1. The van der Waals surface area contributed by atoms with Gasteiger partial charge in [-0.05, 0) is 85.0 Å². The zero-order valence-electron chi connectivity index (χ0n) is 19.2. The maximum atomic E-state index is 12.9. The Bertz CT molecular complexity index is 1330. The first-order valence-corrected chi connectivity index (χ1v) is 12.0. The second-order valence-corrected chi connectivity index (χ2v) is 9.94. The van der Waals surface area contributed by atoms with Crippen molar-refractivity contribution >= 4 is 23.0 Å². The average Bonchev–Trinajstić information content (AvgIpc) is 3.24. The average molecular weight is 461 g/mol. The summed E-state index contributed by atoms with van der Waals surface area (Å²) in [6.07, 6.45) is 6.22. The molecule has 2 aromatic heterocycles. The van der Waals surface area contributed by atoms with Gasteiger partial charge in [-0.15, -0.1) is 0 Å². The molecule has 0 unspecified atom stereocenters. The number of benzene rings is 1. The summed E-state index contributed by atoms with van der Waals surface area (Å²) in [4.78, 5) is 35.9. The van der Waals surface area contributed by atoms with Crippen LogP contribution in [0, 0.1) is 6.92 Å². The molecule has 0 radical (unpaired) electrons. The van der Waals surface area contributed by atoms with Gasteiger partial charge in [0.1, 0.15) is 11.2 Å². The van der Waals surface area contributed by atoms with Crippen molar-refractivity contribution in [3.63, 3.8) is 0 Å². The van der Waals surface area contributed by atoms with Gasteiger partial charge in [0.2, 0.25) is 0 Å². The Morgan fingerprint density at radius 3 is 2.76 bits per heavy atom. The van der Waals surface area contributed by atoms with E-state index in [9.17, 15) is 19.8 Å². The molecule has 0 bridgehead atoms. The molecule has 3 aliphatic rings. The van der Waals surface area contributed by atoms with Crippen molar-refractivity contribution in [2.24, 2.45) is 0 Å². The van der Waals surface area contributed by atoms with Crippen LogP contribution in [0.3, 0.4) is 0 Å². The van der Waals surface area contributed by atoms with Crippen LogP contribution in [0.2, 0.25) is 0 Å². The normalized spacial score (nSPS) is 21.1. The molecule has 176 valence electrons. The number of hydrogen-bond donors (Lipinski definition) is 3. The third kappa shape index (κ3) is 3.36. The first-order valence-electron chi connectivity index (χ1n) is 12.0. The summed E-state index contributed by atoms with van der Waals surface area (Å²) in [7, 11) is 0. The molecule has 6 rings (SSSR count). The molecule has 2 fully saturated rings. The monoisotopic (exact) mass is 460 g/mol. The number of amides is 2. The zero-order valence-corrected chi connectivity index (χ0v) is 19.2. The standard InChI is InChI=1S/C26H28N4O4/c1-15-12-27-23-20(15)11-17(13-28-23)16-9-18-14-29(24(31)26(34)5-6-26)8-4-19(18)21(10-16)22-3-2-7-30(22)25(32)33/h9-13,22,34H,2-8,14H2,1H3,(H,27,28)(H,32,33)/t22-/m0/s1. The summed E-state index contributed by atoms with van der Waals surface area (Å²) in [5.41, 5.74) is 5.90.